The molecular weight excluding hydrogens is 368 g/mol. The average molecular weight is 382 g/mol. The molecule has 0 unspecified atom stereocenters. The maximum atomic E-state index is 12.0. The lowest BCUT2D eigenvalue weighted by molar-refractivity contribution is -0.111. The van der Waals surface area contributed by atoms with E-state index in [2.05, 4.69) is 26.0 Å². The van der Waals surface area contributed by atoms with E-state index in [-0.39, 0.29) is 11.7 Å². The third-order valence-electron chi connectivity index (χ3n) is 2.96. The summed E-state index contributed by atoms with van der Waals surface area (Å²) >= 11 is 3.39. The molecule has 1 amide bonds. The lowest BCUT2D eigenvalue weighted by Gasteiger charge is -2.05. The van der Waals surface area contributed by atoms with Crippen LogP contribution in [0.3, 0.4) is 0 Å². The zero-order valence-electron chi connectivity index (χ0n) is 12.2. The molecule has 0 saturated carbocycles. The molecule has 120 valence electrons. The Bertz CT molecular complexity index is 715. The fraction of sp³-hybridized carbons (Fsp3) is 0.118. The molecule has 2 aromatic carbocycles. The van der Waals surface area contributed by atoms with Gasteiger partial charge in [0.2, 0.25) is 5.91 Å². The summed E-state index contributed by atoms with van der Waals surface area (Å²) in [6.45, 7) is -0.921. The predicted octanol–water partition coefficient (Wildman–Crippen LogP) is 5.01. The largest absolute Gasteiger partial charge is 0.435 e. The molecule has 0 fully saturated rings. The number of ether oxygens (including phenoxy) is 1. The number of aryl methyl sites for hydroxylation is 1. The molecule has 3 nitrogen and oxygen atoms in total. The van der Waals surface area contributed by atoms with Gasteiger partial charge in [0.1, 0.15) is 5.75 Å². The number of hydrogen-bond acceptors (Lipinski definition) is 2. The Hall–Kier alpha value is -2.21. The van der Waals surface area contributed by atoms with Gasteiger partial charge in [0.05, 0.1) is 0 Å². The Labute approximate surface area is 141 Å². The van der Waals surface area contributed by atoms with Crippen molar-refractivity contribution in [2.45, 2.75) is 13.5 Å². The number of carbonyl (C=O) groups is 1. The highest BCUT2D eigenvalue weighted by molar-refractivity contribution is 9.10. The maximum Gasteiger partial charge on any atom is 0.387 e. The molecule has 2 rings (SSSR count). The van der Waals surface area contributed by atoms with Gasteiger partial charge in [0.25, 0.3) is 0 Å². The number of anilines is 1. The fourth-order valence-corrected chi connectivity index (χ4v) is 2.09. The highest BCUT2D eigenvalue weighted by Gasteiger charge is 2.03. The second kappa shape index (κ2) is 7.87. The standard InChI is InChI=1S/C17H14BrF2NO2/c1-11-10-13(5-8-15(11)18)21-16(22)9-4-12-2-6-14(7-3-12)23-17(19)20/h2-10,17H,1H3,(H,21,22)/b9-4+. The van der Waals surface area contributed by atoms with Crippen LogP contribution in [0.25, 0.3) is 6.08 Å². The number of rotatable bonds is 5. The maximum absolute atomic E-state index is 12.0. The Morgan fingerprint density at radius 1 is 1.22 bits per heavy atom. The summed E-state index contributed by atoms with van der Waals surface area (Å²) in [5, 5.41) is 2.75. The second-order valence-corrected chi connectivity index (χ2v) is 5.59. The van der Waals surface area contributed by atoms with E-state index in [1.165, 1.54) is 18.2 Å². The highest BCUT2D eigenvalue weighted by atomic mass is 79.9. The van der Waals surface area contributed by atoms with Gasteiger partial charge in [0, 0.05) is 16.2 Å². The van der Waals surface area contributed by atoms with Crippen molar-refractivity contribution in [3.8, 4) is 5.75 Å². The molecule has 0 radical (unpaired) electrons. The minimum absolute atomic E-state index is 0.0759. The van der Waals surface area contributed by atoms with Gasteiger partial charge in [-0.25, -0.2) is 0 Å². The highest BCUT2D eigenvalue weighted by Crippen LogP contribution is 2.20. The number of carbonyl (C=O) groups excluding carboxylic acids is 1. The van der Waals surface area contributed by atoms with Crippen LogP contribution in [0.4, 0.5) is 14.5 Å². The topological polar surface area (TPSA) is 38.3 Å². The van der Waals surface area contributed by atoms with Crippen molar-refractivity contribution in [1.29, 1.82) is 0 Å². The van der Waals surface area contributed by atoms with Crippen LogP contribution in [0.5, 0.6) is 5.75 Å². The molecule has 6 heteroatoms. The van der Waals surface area contributed by atoms with Crippen molar-refractivity contribution in [2.24, 2.45) is 0 Å². The second-order valence-electron chi connectivity index (χ2n) is 4.73. The number of halogens is 3. The molecule has 0 heterocycles. The monoisotopic (exact) mass is 381 g/mol. The van der Waals surface area contributed by atoms with Crippen molar-refractivity contribution >= 4 is 33.6 Å². The van der Waals surface area contributed by atoms with Crippen molar-refractivity contribution in [1.82, 2.24) is 0 Å². The van der Waals surface area contributed by atoms with Crippen molar-refractivity contribution in [3.05, 3.63) is 64.1 Å². The first-order valence-electron chi connectivity index (χ1n) is 6.74. The van der Waals surface area contributed by atoms with E-state index in [1.54, 1.807) is 24.3 Å². The van der Waals surface area contributed by atoms with Crippen LogP contribution in [0.2, 0.25) is 0 Å². The number of benzene rings is 2. The molecule has 0 aliphatic heterocycles. The zero-order chi connectivity index (χ0) is 16.8. The van der Waals surface area contributed by atoms with Gasteiger partial charge in [-0.05, 0) is 54.5 Å². The van der Waals surface area contributed by atoms with Crippen LogP contribution in [0, 0.1) is 6.92 Å². The van der Waals surface area contributed by atoms with E-state index in [9.17, 15) is 13.6 Å². The van der Waals surface area contributed by atoms with Crippen molar-refractivity contribution < 1.29 is 18.3 Å². The Balaban J connectivity index is 1.96. The Morgan fingerprint density at radius 2 is 1.91 bits per heavy atom. The SMILES string of the molecule is Cc1cc(NC(=O)/C=C/c2ccc(OC(F)F)cc2)ccc1Br. The van der Waals surface area contributed by atoms with E-state index < -0.39 is 6.61 Å². The summed E-state index contributed by atoms with van der Waals surface area (Å²) < 4.78 is 29.3. The first-order chi connectivity index (χ1) is 10.9. The van der Waals surface area contributed by atoms with Crippen LogP contribution >= 0.6 is 15.9 Å². The molecular formula is C17H14BrF2NO2. The minimum Gasteiger partial charge on any atom is -0.435 e. The normalized spacial score (nSPS) is 11.0. The molecule has 0 spiro atoms. The molecule has 0 aliphatic carbocycles. The van der Waals surface area contributed by atoms with Crippen LogP contribution in [-0.4, -0.2) is 12.5 Å². The van der Waals surface area contributed by atoms with E-state index >= 15 is 0 Å². The van der Waals surface area contributed by atoms with E-state index in [1.807, 2.05) is 19.1 Å². The number of alkyl halides is 2. The van der Waals surface area contributed by atoms with Gasteiger partial charge in [0.15, 0.2) is 0 Å². The minimum atomic E-state index is -2.85. The first-order valence-corrected chi connectivity index (χ1v) is 7.53. The molecule has 0 aromatic heterocycles. The van der Waals surface area contributed by atoms with Crippen LogP contribution in [0.15, 0.2) is 53.0 Å². The Kier molecular flexibility index (Phi) is 5.87. The summed E-state index contributed by atoms with van der Waals surface area (Å²) in [5.74, 6) is -0.202. The van der Waals surface area contributed by atoms with Crippen LogP contribution < -0.4 is 10.1 Å². The fourth-order valence-electron chi connectivity index (χ4n) is 1.84. The first kappa shape index (κ1) is 17.1. The Morgan fingerprint density at radius 3 is 2.52 bits per heavy atom. The number of hydrogen-bond donors (Lipinski definition) is 1. The molecule has 0 saturated heterocycles. The van der Waals surface area contributed by atoms with E-state index in [4.69, 9.17) is 0 Å². The van der Waals surface area contributed by atoms with Gasteiger partial charge in [-0.3, -0.25) is 4.79 Å². The smallest absolute Gasteiger partial charge is 0.387 e. The summed E-state index contributed by atoms with van der Waals surface area (Å²) in [7, 11) is 0. The lowest BCUT2D eigenvalue weighted by Crippen LogP contribution is -2.07. The molecule has 2 aromatic rings. The quantitative estimate of drug-likeness (QED) is 0.739. The molecule has 0 atom stereocenters. The van der Waals surface area contributed by atoms with Gasteiger partial charge in [-0.15, -0.1) is 0 Å². The third-order valence-corrected chi connectivity index (χ3v) is 3.85. The molecule has 0 aliphatic rings. The molecule has 1 N–H and O–H groups in total. The van der Waals surface area contributed by atoms with Crippen molar-refractivity contribution in [3.63, 3.8) is 0 Å². The average Bonchev–Trinajstić information content (AvgIpc) is 2.50. The molecule has 23 heavy (non-hydrogen) atoms. The third kappa shape index (κ3) is 5.49. The van der Waals surface area contributed by atoms with Gasteiger partial charge >= 0.3 is 6.61 Å². The lowest BCUT2D eigenvalue weighted by atomic mass is 10.2. The summed E-state index contributed by atoms with van der Waals surface area (Å²) in [5.41, 5.74) is 2.41. The van der Waals surface area contributed by atoms with Gasteiger partial charge in [-0.1, -0.05) is 28.1 Å². The summed E-state index contributed by atoms with van der Waals surface area (Å²) in [6, 6.07) is 11.5. The number of nitrogens with one attached hydrogen (secondary N) is 1. The number of amides is 1. The zero-order valence-corrected chi connectivity index (χ0v) is 13.8. The van der Waals surface area contributed by atoms with E-state index in [0.29, 0.717) is 11.3 Å². The van der Waals surface area contributed by atoms with Crippen LogP contribution in [-0.2, 0) is 4.79 Å². The summed E-state index contributed by atoms with van der Waals surface area (Å²) in [4.78, 5) is 11.9. The van der Waals surface area contributed by atoms with Crippen molar-refractivity contribution in [2.75, 3.05) is 5.32 Å². The molecule has 0 bridgehead atoms. The van der Waals surface area contributed by atoms with Crippen LogP contribution in [0.1, 0.15) is 11.1 Å². The van der Waals surface area contributed by atoms with Gasteiger partial charge < -0.3 is 10.1 Å². The summed E-state index contributed by atoms with van der Waals surface area (Å²) in [6.07, 6.45) is 2.97. The van der Waals surface area contributed by atoms with Gasteiger partial charge in [-0.2, -0.15) is 8.78 Å². The predicted molar refractivity (Wildman–Crippen MR) is 89.6 cm³/mol. The van der Waals surface area contributed by atoms with E-state index in [0.717, 1.165) is 10.0 Å².